The van der Waals surface area contributed by atoms with Crippen LogP contribution in [-0.4, -0.2) is 51.6 Å². The highest BCUT2D eigenvalue weighted by atomic mass is 32.1. The summed E-state index contributed by atoms with van der Waals surface area (Å²) in [4.78, 5) is 25.5. The third-order valence-electron chi connectivity index (χ3n) is 6.13. The zero-order valence-corrected chi connectivity index (χ0v) is 19.4. The van der Waals surface area contributed by atoms with Gasteiger partial charge >= 0.3 is 11.9 Å². The highest BCUT2D eigenvalue weighted by Crippen LogP contribution is 2.36. The summed E-state index contributed by atoms with van der Waals surface area (Å²) in [5, 5.41) is 19.3. The Bertz CT molecular complexity index is 918. The van der Waals surface area contributed by atoms with Crippen LogP contribution >= 0.6 is 11.3 Å². The quantitative estimate of drug-likeness (QED) is 0.389. The van der Waals surface area contributed by atoms with Crippen LogP contribution < -0.4 is 0 Å². The number of halogens is 2. The van der Waals surface area contributed by atoms with Gasteiger partial charge in [0.1, 0.15) is 4.88 Å². The highest BCUT2D eigenvalue weighted by Gasteiger charge is 2.52. The average molecular weight is 480 g/mol. The van der Waals surface area contributed by atoms with E-state index in [1.807, 2.05) is 18.2 Å². The Hall–Kier alpha value is -2.32. The summed E-state index contributed by atoms with van der Waals surface area (Å²) in [6, 6.07) is 12.8. The van der Waals surface area contributed by atoms with E-state index < -0.39 is 36.4 Å². The number of carbonyl (C=O) groups is 2. The number of carboxylic acids is 1. The van der Waals surface area contributed by atoms with Crippen LogP contribution in [0.3, 0.4) is 0 Å². The van der Waals surface area contributed by atoms with Gasteiger partial charge < -0.3 is 15.1 Å². The number of aryl methyl sites for hydroxylation is 2. The van der Waals surface area contributed by atoms with E-state index in [0.29, 0.717) is 32.1 Å². The van der Waals surface area contributed by atoms with Crippen molar-refractivity contribution >= 4 is 23.2 Å². The molecule has 1 amide bonds. The molecule has 33 heavy (non-hydrogen) atoms. The van der Waals surface area contributed by atoms with E-state index in [1.165, 1.54) is 16.5 Å². The molecule has 1 fully saturated rings. The van der Waals surface area contributed by atoms with E-state index in [9.17, 15) is 23.5 Å². The summed E-state index contributed by atoms with van der Waals surface area (Å²) >= 11 is 1.16. The number of unbranched alkanes of at least 4 members (excludes halogenated alkanes) is 1. The average Bonchev–Trinajstić information content (AvgIpc) is 3.34. The number of carbonyl (C=O) groups excluding carboxylic acids is 1. The van der Waals surface area contributed by atoms with Crippen molar-refractivity contribution in [1.82, 2.24) is 4.90 Å². The molecule has 1 aromatic carbocycles. The van der Waals surface area contributed by atoms with Crippen molar-refractivity contribution in [2.75, 3.05) is 6.54 Å². The normalized spacial score (nSPS) is 18.6. The molecule has 0 saturated carbocycles. The molecule has 3 rings (SSSR count). The van der Waals surface area contributed by atoms with Gasteiger partial charge in [0.2, 0.25) is 0 Å². The van der Waals surface area contributed by atoms with Crippen molar-refractivity contribution in [2.24, 2.45) is 0 Å². The van der Waals surface area contributed by atoms with Crippen molar-refractivity contribution in [3.63, 3.8) is 0 Å². The molecule has 0 bridgehead atoms. The molecule has 0 radical (unpaired) electrons. The number of hydrogen-bond donors (Lipinski definition) is 2. The van der Waals surface area contributed by atoms with Gasteiger partial charge in [0, 0.05) is 23.9 Å². The molecule has 2 atom stereocenters. The van der Waals surface area contributed by atoms with E-state index in [2.05, 4.69) is 12.1 Å². The summed E-state index contributed by atoms with van der Waals surface area (Å²) in [6.45, 7) is 0.201. The first-order valence-electron chi connectivity index (χ1n) is 11.5. The molecular weight excluding hydrogens is 448 g/mol. The van der Waals surface area contributed by atoms with Gasteiger partial charge in [-0.25, -0.2) is 4.79 Å². The van der Waals surface area contributed by atoms with Gasteiger partial charge in [-0.15, -0.1) is 11.3 Å². The van der Waals surface area contributed by atoms with Gasteiger partial charge in [-0.1, -0.05) is 36.8 Å². The zero-order valence-electron chi connectivity index (χ0n) is 18.6. The number of hydrogen-bond acceptors (Lipinski definition) is 4. The largest absolute Gasteiger partial charge is 0.477 e. The Kier molecular flexibility index (Phi) is 8.97. The maximum atomic E-state index is 14.1. The van der Waals surface area contributed by atoms with Crippen LogP contribution in [0.5, 0.6) is 0 Å². The summed E-state index contributed by atoms with van der Waals surface area (Å²) in [5.74, 6) is -5.48. The smallest absolute Gasteiger partial charge is 0.345 e. The first-order chi connectivity index (χ1) is 15.8. The molecule has 0 unspecified atom stereocenters. The maximum Gasteiger partial charge on any atom is 0.345 e. The van der Waals surface area contributed by atoms with Crippen molar-refractivity contribution in [1.29, 1.82) is 0 Å². The number of carboxylic acid groups (broad SMARTS) is 1. The molecule has 180 valence electrons. The van der Waals surface area contributed by atoms with Crippen LogP contribution in [0.4, 0.5) is 8.78 Å². The fourth-order valence-electron chi connectivity index (χ4n) is 4.35. The molecule has 2 aromatic rings. The lowest BCUT2D eigenvalue weighted by molar-refractivity contribution is -0.148. The maximum absolute atomic E-state index is 14.1. The number of thiophene rings is 1. The van der Waals surface area contributed by atoms with Gasteiger partial charge in [0.25, 0.3) is 5.91 Å². The zero-order chi connectivity index (χ0) is 23.8. The number of likely N-dealkylation sites (tertiary alicyclic amines) is 1. The lowest BCUT2D eigenvalue weighted by Crippen LogP contribution is -2.37. The monoisotopic (exact) mass is 479 g/mol. The number of alkyl halides is 2. The minimum absolute atomic E-state index is 0.201. The molecular formula is C25H31F2NO4S. The predicted octanol–water partition coefficient (Wildman–Crippen LogP) is 5.17. The fraction of sp³-hybridized carbons (Fsp3) is 0.520. The second-order valence-electron chi connectivity index (χ2n) is 8.70. The Morgan fingerprint density at radius 3 is 2.55 bits per heavy atom. The Balaban J connectivity index is 1.41. The minimum Gasteiger partial charge on any atom is -0.477 e. The Morgan fingerprint density at radius 1 is 1.09 bits per heavy atom. The molecule has 2 heterocycles. The topological polar surface area (TPSA) is 77.8 Å². The van der Waals surface area contributed by atoms with Gasteiger partial charge in [0.05, 0.1) is 6.10 Å². The van der Waals surface area contributed by atoms with E-state index in [1.54, 1.807) is 6.07 Å². The molecule has 2 N–H and O–H groups in total. The number of aliphatic hydroxyl groups excluding tert-OH is 1. The van der Waals surface area contributed by atoms with E-state index in [-0.39, 0.29) is 11.4 Å². The van der Waals surface area contributed by atoms with Crippen LogP contribution in [-0.2, 0) is 17.6 Å². The van der Waals surface area contributed by atoms with E-state index in [4.69, 9.17) is 5.11 Å². The second-order valence-corrected chi connectivity index (χ2v) is 9.87. The van der Waals surface area contributed by atoms with Crippen LogP contribution in [0.1, 0.15) is 65.1 Å². The molecule has 0 aliphatic carbocycles. The van der Waals surface area contributed by atoms with Crippen molar-refractivity contribution in [2.45, 2.75) is 75.9 Å². The highest BCUT2D eigenvalue weighted by molar-refractivity contribution is 7.13. The summed E-state index contributed by atoms with van der Waals surface area (Å²) < 4.78 is 28.2. The van der Waals surface area contributed by atoms with Crippen LogP contribution in [0.15, 0.2) is 42.5 Å². The summed E-state index contributed by atoms with van der Waals surface area (Å²) in [6.07, 6.45) is 4.08. The molecule has 1 aliphatic heterocycles. The molecule has 1 saturated heterocycles. The minimum atomic E-state index is -3.36. The van der Waals surface area contributed by atoms with Gasteiger partial charge in [0.15, 0.2) is 0 Å². The summed E-state index contributed by atoms with van der Waals surface area (Å²) in [7, 11) is 0. The third-order valence-corrected chi connectivity index (χ3v) is 7.26. The van der Waals surface area contributed by atoms with E-state index in [0.717, 1.165) is 35.5 Å². The van der Waals surface area contributed by atoms with Gasteiger partial charge in [-0.3, -0.25) is 4.79 Å². The number of nitrogens with zero attached hydrogens (tertiary/aromatic N) is 1. The van der Waals surface area contributed by atoms with E-state index >= 15 is 0 Å². The molecule has 1 aliphatic rings. The molecule has 1 aromatic heterocycles. The Morgan fingerprint density at radius 2 is 1.85 bits per heavy atom. The summed E-state index contributed by atoms with van der Waals surface area (Å²) in [5.41, 5.74) is 1.26. The lowest BCUT2D eigenvalue weighted by atomic mass is 10.00. The predicted molar refractivity (Wildman–Crippen MR) is 124 cm³/mol. The fourth-order valence-corrected chi connectivity index (χ4v) is 5.23. The lowest BCUT2D eigenvalue weighted by Gasteiger charge is -2.25. The number of benzene rings is 1. The number of aromatic carboxylic acids is 1. The Labute approximate surface area is 197 Å². The van der Waals surface area contributed by atoms with Gasteiger partial charge in [-0.2, -0.15) is 8.78 Å². The van der Waals surface area contributed by atoms with Crippen molar-refractivity contribution < 1.29 is 28.6 Å². The second kappa shape index (κ2) is 11.7. The standard InChI is InChI=1S/C25H31F2NO4S/c26-25(27)17-19(12-13-20(29)10-5-4-9-18-7-2-1-3-8-18)28(24(25)32)16-6-11-21-14-15-22(33-21)23(30)31/h1-3,7-8,14-15,19-20,29H,4-6,9-13,16-17H2,(H,30,31)/t19-,20+/m0/s1. The molecule has 8 heteroatoms. The number of aliphatic hydroxyl groups is 1. The molecule has 5 nitrogen and oxygen atoms in total. The van der Waals surface area contributed by atoms with Gasteiger partial charge in [-0.05, 0) is 62.6 Å². The number of amides is 1. The number of rotatable bonds is 13. The van der Waals surface area contributed by atoms with Crippen LogP contribution in [0.25, 0.3) is 0 Å². The first-order valence-corrected chi connectivity index (χ1v) is 12.3. The van der Waals surface area contributed by atoms with Crippen molar-refractivity contribution in [3.05, 3.63) is 57.8 Å². The van der Waals surface area contributed by atoms with Crippen LogP contribution in [0, 0.1) is 0 Å². The van der Waals surface area contributed by atoms with Crippen LogP contribution in [0.2, 0.25) is 0 Å². The third kappa shape index (κ3) is 7.33. The van der Waals surface area contributed by atoms with Crippen molar-refractivity contribution in [3.8, 4) is 0 Å². The molecule has 0 spiro atoms. The first kappa shape index (κ1) is 25.3. The SMILES string of the molecule is O=C(O)c1ccc(CCCN2C(=O)C(F)(F)C[C@@H]2CC[C@H](O)CCCCc2ccccc2)s1.